The molecule has 21 heavy (non-hydrogen) atoms. The third kappa shape index (κ3) is 4.46. The van der Waals surface area contributed by atoms with E-state index in [0.717, 1.165) is 38.5 Å². The molecule has 1 amide bonds. The second-order valence-electron chi connectivity index (χ2n) is 5.33. The first kappa shape index (κ1) is 18.0. The van der Waals surface area contributed by atoms with Crippen molar-refractivity contribution in [3.05, 3.63) is 23.9 Å². The Labute approximate surface area is 137 Å². The smallest absolute Gasteiger partial charge is 0.252 e. The van der Waals surface area contributed by atoms with Gasteiger partial charge in [-0.3, -0.25) is 4.79 Å². The van der Waals surface area contributed by atoms with Crippen molar-refractivity contribution in [2.45, 2.75) is 12.8 Å². The van der Waals surface area contributed by atoms with Crippen molar-refractivity contribution < 1.29 is 4.79 Å². The van der Waals surface area contributed by atoms with Gasteiger partial charge in [0, 0.05) is 44.8 Å². The van der Waals surface area contributed by atoms with Crippen molar-refractivity contribution in [3.63, 3.8) is 0 Å². The summed E-state index contributed by atoms with van der Waals surface area (Å²) in [6.45, 7) is 4.92. The molecule has 1 aromatic rings. The van der Waals surface area contributed by atoms with Gasteiger partial charge in [0.1, 0.15) is 5.82 Å². The van der Waals surface area contributed by atoms with Crippen LogP contribution in [0.1, 0.15) is 23.2 Å². The number of rotatable bonds is 4. The number of carbonyl (C=O) groups excluding carboxylic acids is 1. The number of aromatic nitrogens is 1. The molecule has 0 atom stereocenters. The van der Waals surface area contributed by atoms with Gasteiger partial charge in [0.15, 0.2) is 0 Å². The number of hydrogen-bond donors (Lipinski definition) is 2. The number of nitrogens with zero attached hydrogens (tertiary/aromatic N) is 2. The zero-order valence-electron chi connectivity index (χ0n) is 11.9. The van der Waals surface area contributed by atoms with Gasteiger partial charge in [0.2, 0.25) is 0 Å². The lowest BCUT2D eigenvalue weighted by atomic mass is 10.0. The maximum Gasteiger partial charge on any atom is 0.252 e. The summed E-state index contributed by atoms with van der Waals surface area (Å²) in [5.74, 6) is 1.55. The van der Waals surface area contributed by atoms with Gasteiger partial charge in [0.05, 0.1) is 5.56 Å². The Bertz CT molecular complexity index is 445. The largest absolute Gasteiger partial charge is 0.357 e. The van der Waals surface area contributed by atoms with Crippen LogP contribution in [0, 0.1) is 5.92 Å². The Balaban J connectivity index is 0.00000110. The summed E-state index contributed by atoms with van der Waals surface area (Å²) in [5, 5.41) is 6.15. The van der Waals surface area contributed by atoms with Crippen LogP contribution in [0.2, 0.25) is 0 Å². The predicted molar refractivity (Wildman–Crippen MR) is 88.9 cm³/mol. The van der Waals surface area contributed by atoms with Gasteiger partial charge in [0.25, 0.3) is 5.91 Å². The molecule has 2 N–H and O–H groups in total. The van der Waals surface area contributed by atoms with E-state index in [2.05, 4.69) is 20.5 Å². The average Bonchev–Trinajstić information content (AvgIpc) is 2.91. The molecule has 0 unspecified atom stereocenters. The Morgan fingerprint density at radius 3 is 2.52 bits per heavy atom. The van der Waals surface area contributed by atoms with Gasteiger partial charge in [-0.25, -0.2) is 4.98 Å². The summed E-state index contributed by atoms with van der Waals surface area (Å²) in [4.78, 5) is 18.6. The van der Waals surface area contributed by atoms with Crippen molar-refractivity contribution in [1.29, 1.82) is 0 Å². The Morgan fingerprint density at radius 2 is 2.00 bits per heavy atom. The Hall–Kier alpha value is -1.04. The lowest BCUT2D eigenvalue weighted by Gasteiger charge is -2.27. The molecular weight excluding hydrogens is 311 g/mol. The van der Waals surface area contributed by atoms with Crippen molar-refractivity contribution in [2.24, 2.45) is 5.92 Å². The second-order valence-corrected chi connectivity index (χ2v) is 5.33. The quantitative estimate of drug-likeness (QED) is 0.876. The Kier molecular flexibility index (Phi) is 7.22. The highest BCUT2D eigenvalue weighted by Crippen LogP contribution is 2.17. The second kappa shape index (κ2) is 8.41. The third-order valence-corrected chi connectivity index (χ3v) is 3.86. The van der Waals surface area contributed by atoms with Gasteiger partial charge >= 0.3 is 0 Å². The first-order chi connectivity index (χ1) is 9.33. The molecule has 7 heteroatoms. The maximum atomic E-state index is 11.9. The number of pyridine rings is 1. The van der Waals surface area contributed by atoms with Crippen LogP contribution in [0.25, 0.3) is 0 Å². The minimum Gasteiger partial charge on any atom is -0.357 e. The minimum absolute atomic E-state index is 0. The van der Waals surface area contributed by atoms with Crippen LogP contribution in [-0.2, 0) is 0 Å². The SMILES string of the molecule is Cl.Cl.O=C(NCC1CNC1)c1ccc(N2CCCC2)nc1. The fourth-order valence-electron chi connectivity index (χ4n) is 2.49. The van der Waals surface area contributed by atoms with Crippen molar-refractivity contribution in [2.75, 3.05) is 37.6 Å². The molecule has 118 valence electrons. The van der Waals surface area contributed by atoms with Crippen LogP contribution >= 0.6 is 24.8 Å². The van der Waals surface area contributed by atoms with Crippen molar-refractivity contribution in [3.8, 4) is 0 Å². The molecule has 2 aliphatic rings. The topological polar surface area (TPSA) is 57.3 Å². The summed E-state index contributed by atoms with van der Waals surface area (Å²) in [6, 6.07) is 3.82. The summed E-state index contributed by atoms with van der Waals surface area (Å²) in [7, 11) is 0. The van der Waals surface area contributed by atoms with Crippen LogP contribution in [0.3, 0.4) is 0 Å². The zero-order chi connectivity index (χ0) is 13.1. The van der Waals surface area contributed by atoms with E-state index < -0.39 is 0 Å². The van der Waals surface area contributed by atoms with E-state index in [0.29, 0.717) is 11.5 Å². The number of halogens is 2. The van der Waals surface area contributed by atoms with Gasteiger partial charge < -0.3 is 15.5 Å². The van der Waals surface area contributed by atoms with Crippen LogP contribution < -0.4 is 15.5 Å². The van der Waals surface area contributed by atoms with E-state index in [1.54, 1.807) is 6.20 Å². The molecule has 0 aliphatic carbocycles. The molecule has 1 aromatic heterocycles. The molecule has 2 fully saturated rings. The highest BCUT2D eigenvalue weighted by molar-refractivity contribution is 5.94. The van der Waals surface area contributed by atoms with Crippen LogP contribution in [-0.4, -0.2) is 43.6 Å². The van der Waals surface area contributed by atoms with E-state index in [1.807, 2.05) is 12.1 Å². The molecule has 3 rings (SSSR count). The fraction of sp³-hybridized carbons (Fsp3) is 0.571. The van der Waals surface area contributed by atoms with Gasteiger partial charge in [-0.1, -0.05) is 0 Å². The number of anilines is 1. The first-order valence-corrected chi connectivity index (χ1v) is 7.03. The van der Waals surface area contributed by atoms with Gasteiger partial charge in [-0.2, -0.15) is 0 Å². The van der Waals surface area contributed by atoms with E-state index in [9.17, 15) is 4.79 Å². The molecule has 0 radical (unpaired) electrons. The van der Waals surface area contributed by atoms with Crippen molar-refractivity contribution in [1.82, 2.24) is 15.6 Å². The number of carbonyl (C=O) groups is 1. The molecule has 0 bridgehead atoms. The summed E-state index contributed by atoms with van der Waals surface area (Å²) >= 11 is 0. The van der Waals surface area contributed by atoms with Crippen LogP contribution in [0.15, 0.2) is 18.3 Å². The standard InChI is InChI=1S/C14H20N4O.2ClH/c19-14(17-9-11-7-15-8-11)12-3-4-13(16-10-12)18-5-1-2-6-18;;/h3-4,10-11,15H,1-2,5-9H2,(H,17,19);2*1H. The summed E-state index contributed by atoms with van der Waals surface area (Å²) in [5.41, 5.74) is 0.648. The monoisotopic (exact) mass is 332 g/mol. The van der Waals surface area contributed by atoms with Crippen LogP contribution in [0.5, 0.6) is 0 Å². The molecule has 3 heterocycles. The molecular formula is C14H22Cl2N4O. The molecule has 0 aromatic carbocycles. The maximum absolute atomic E-state index is 11.9. The molecule has 2 aliphatic heterocycles. The zero-order valence-corrected chi connectivity index (χ0v) is 13.5. The predicted octanol–water partition coefficient (Wildman–Crippen LogP) is 1.47. The lowest BCUT2D eigenvalue weighted by Crippen LogP contribution is -2.48. The summed E-state index contributed by atoms with van der Waals surface area (Å²) < 4.78 is 0. The van der Waals surface area contributed by atoms with E-state index in [-0.39, 0.29) is 30.7 Å². The Morgan fingerprint density at radius 1 is 1.29 bits per heavy atom. The number of hydrogen-bond acceptors (Lipinski definition) is 4. The average molecular weight is 333 g/mol. The lowest BCUT2D eigenvalue weighted by molar-refractivity contribution is 0.0942. The van der Waals surface area contributed by atoms with E-state index in [4.69, 9.17) is 0 Å². The number of amides is 1. The fourth-order valence-corrected chi connectivity index (χ4v) is 2.49. The summed E-state index contributed by atoms with van der Waals surface area (Å²) in [6.07, 6.45) is 4.15. The van der Waals surface area contributed by atoms with E-state index in [1.165, 1.54) is 12.8 Å². The van der Waals surface area contributed by atoms with Gasteiger partial charge in [-0.05, 0) is 25.0 Å². The normalized spacial score (nSPS) is 17.4. The highest BCUT2D eigenvalue weighted by Gasteiger charge is 2.18. The number of nitrogens with one attached hydrogen (secondary N) is 2. The highest BCUT2D eigenvalue weighted by atomic mass is 35.5. The van der Waals surface area contributed by atoms with Crippen molar-refractivity contribution >= 4 is 36.5 Å². The van der Waals surface area contributed by atoms with E-state index >= 15 is 0 Å². The molecule has 0 spiro atoms. The molecule has 5 nitrogen and oxygen atoms in total. The first-order valence-electron chi connectivity index (χ1n) is 7.03. The third-order valence-electron chi connectivity index (χ3n) is 3.86. The molecule has 0 saturated carbocycles. The minimum atomic E-state index is -0.0210. The van der Waals surface area contributed by atoms with Gasteiger partial charge in [-0.15, -0.1) is 24.8 Å². The van der Waals surface area contributed by atoms with Crippen LogP contribution in [0.4, 0.5) is 5.82 Å². The molecule has 2 saturated heterocycles.